The minimum atomic E-state index is -0.625. The molecule has 0 aliphatic heterocycles. The van der Waals surface area contributed by atoms with E-state index in [1.165, 1.54) is 0 Å². The van der Waals surface area contributed by atoms with Crippen molar-refractivity contribution in [1.82, 2.24) is 14.9 Å². The van der Waals surface area contributed by atoms with Gasteiger partial charge in [-0.15, -0.1) is 10.2 Å². The Bertz CT molecular complexity index is 180. The van der Waals surface area contributed by atoms with Gasteiger partial charge in [0.2, 0.25) is 0 Å². The molecule has 1 aromatic heterocycles. The van der Waals surface area contributed by atoms with Crippen LogP contribution in [0.25, 0.3) is 0 Å². The van der Waals surface area contributed by atoms with Crippen molar-refractivity contribution in [3.63, 3.8) is 0 Å². The Balaban J connectivity index is 2.93. The molecule has 0 aliphatic carbocycles. The van der Waals surface area contributed by atoms with Crippen LogP contribution in [0.4, 0.5) is 0 Å². The molecule has 1 aromatic rings. The zero-order valence-electron chi connectivity index (χ0n) is 3.76. The van der Waals surface area contributed by atoms with Crippen LogP contribution in [0.2, 0.25) is 0 Å². The van der Waals surface area contributed by atoms with Crippen LogP contribution in [0, 0.1) is 10.1 Å². The summed E-state index contributed by atoms with van der Waals surface area (Å²) >= 11 is 0. The maximum atomic E-state index is 9.75. The minimum Gasteiger partial charge on any atom is -0.234 e. The van der Waals surface area contributed by atoms with E-state index in [2.05, 4.69) is 10.2 Å². The van der Waals surface area contributed by atoms with Gasteiger partial charge in [0.15, 0.2) is 17.7 Å². The van der Waals surface area contributed by atoms with E-state index in [9.17, 15) is 10.1 Å². The van der Waals surface area contributed by atoms with E-state index in [1.54, 1.807) is 0 Å². The van der Waals surface area contributed by atoms with E-state index in [4.69, 9.17) is 0 Å². The lowest BCUT2D eigenvalue weighted by Crippen LogP contribution is -2.04. The van der Waals surface area contributed by atoms with Crippen LogP contribution in [0.15, 0.2) is 12.7 Å². The van der Waals surface area contributed by atoms with Crippen LogP contribution < -0.4 is 0 Å². The minimum absolute atomic E-state index is 0.625. The second-order valence-electron chi connectivity index (χ2n) is 1.08. The van der Waals surface area contributed by atoms with Gasteiger partial charge in [0.05, 0.1) is 0 Å². The summed E-state index contributed by atoms with van der Waals surface area (Å²) in [5.41, 5.74) is 0. The van der Waals surface area contributed by atoms with E-state index in [0.717, 1.165) is 12.7 Å². The van der Waals surface area contributed by atoms with Crippen molar-refractivity contribution >= 4 is 0 Å². The molecule has 8 heavy (non-hydrogen) atoms. The smallest absolute Gasteiger partial charge is 0.187 e. The summed E-state index contributed by atoms with van der Waals surface area (Å²) in [6.07, 6.45) is 2.03. The Labute approximate surface area is 43.9 Å². The van der Waals surface area contributed by atoms with Crippen molar-refractivity contribution in [3.8, 4) is 0 Å². The summed E-state index contributed by atoms with van der Waals surface area (Å²) in [5.74, 6) is 0. The SMILES string of the molecule is O=[N+]([O-])n1cnnc1. The first-order valence-corrected chi connectivity index (χ1v) is 1.80. The van der Waals surface area contributed by atoms with Crippen molar-refractivity contribution in [2.75, 3.05) is 0 Å². The van der Waals surface area contributed by atoms with Crippen LogP contribution in [0.5, 0.6) is 0 Å². The zero-order chi connectivity index (χ0) is 5.98. The maximum Gasteiger partial charge on any atom is 0.187 e. The van der Waals surface area contributed by atoms with Crippen LogP contribution in [0.3, 0.4) is 0 Å². The summed E-state index contributed by atoms with van der Waals surface area (Å²) in [6.45, 7) is 0. The lowest BCUT2D eigenvalue weighted by atomic mass is 11.3. The van der Waals surface area contributed by atoms with Gasteiger partial charge in [-0.1, -0.05) is 0 Å². The van der Waals surface area contributed by atoms with Crippen molar-refractivity contribution in [2.24, 2.45) is 0 Å². The molecule has 6 nitrogen and oxygen atoms in total. The molecule has 0 aliphatic rings. The normalized spacial score (nSPS) is 9.00. The summed E-state index contributed by atoms with van der Waals surface area (Å²) < 4.78 is 0.667. The summed E-state index contributed by atoms with van der Waals surface area (Å²) in [5, 5.41) is 15.6. The molecule has 0 atom stereocenters. The van der Waals surface area contributed by atoms with Gasteiger partial charge in [-0.2, -0.15) is 0 Å². The van der Waals surface area contributed by atoms with Crippen molar-refractivity contribution in [3.05, 3.63) is 22.8 Å². The highest BCUT2D eigenvalue weighted by Crippen LogP contribution is 1.76. The number of aromatic nitrogens is 3. The quantitative estimate of drug-likeness (QED) is 0.358. The highest BCUT2D eigenvalue weighted by Gasteiger charge is 1.96. The number of nitrogens with zero attached hydrogens (tertiary/aromatic N) is 4. The third-order valence-electron chi connectivity index (χ3n) is 0.595. The van der Waals surface area contributed by atoms with Gasteiger partial charge in [0, 0.05) is 0 Å². The van der Waals surface area contributed by atoms with Crippen LogP contribution in [0.1, 0.15) is 0 Å². The molecule has 0 saturated heterocycles. The first-order chi connectivity index (χ1) is 3.80. The largest absolute Gasteiger partial charge is 0.234 e. The van der Waals surface area contributed by atoms with Gasteiger partial charge in [-0.3, -0.25) is 0 Å². The predicted molar refractivity (Wildman–Crippen MR) is 22.4 cm³/mol. The Morgan fingerprint density at radius 1 is 1.50 bits per heavy atom. The molecule has 0 aromatic carbocycles. The average molecular weight is 114 g/mol. The van der Waals surface area contributed by atoms with Crippen molar-refractivity contribution in [1.29, 1.82) is 0 Å². The van der Waals surface area contributed by atoms with E-state index in [-0.39, 0.29) is 0 Å². The molecule has 6 heteroatoms. The molecule has 0 saturated carbocycles. The van der Waals surface area contributed by atoms with E-state index in [0.29, 0.717) is 4.68 Å². The molecule has 0 fully saturated rings. The van der Waals surface area contributed by atoms with Crippen molar-refractivity contribution in [2.45, 2.75) is 0 Å². The molecule has 0 N–H and O–H groups in total. The van der Waals surface area contributed by atoms with Crippen LogP contribution in [-0.4, -0.2) is 19.9 Å². The number of hydrogen-bond donors (Lipinski definition) is 0. The Hall–Kier alpha value is -1.46. The third kappa shape index (κ3) is 0.625. The monoisotopic (exact) mass is 114 g/mol. The lowest BCUT2D eigenvalue weighted by molar-refractivity contribution is -0.542. The van der Waals surface area contributed by atoms with Gasteiger partial charge in [0.1, 0.15) is 0 Å². The van der Waals surface area contributed by atoms with Crippen LogP contribution in [-0.2, 0) is 0 Å². The fraction of sp³-hybridized carbons (Fsp3) is 0. The molecule has 0 unspecified atom stereocenters. The molecule has 0 spiro atoms. The number of rotatable bonds is 1. The van der Waals surface area contributed by atoms with Crippen LogP contribution >= 0.6 is 0 Å². The molecular formula is C2H2N4O2. The predicted octanol–water partition coefficient (Wildman–Crippen LogP) is -0.682. The summed E-state index contributed by atoms with van der Waals surface area (Å²) in [6, 6.07) is 0. The zero-order valence-corrected chi connectivity index (χ0v) is 3.76. The van der Waals surface area contributed by atoms with Gasteiger partial charge in [-0.25, -0.2) is 10.1 Å². The Morgan fingerprint density at radius 3 is 2.25 bits per heavy atom. The molecule has 42 valence electrons. The highest BCUT2D eigenvalue weighted by atomic mass is 16.7. The molecule has 1 heterocycles. The second-order valence-corrected chi connectivity index (χ2v) is 1.08. The van der Waals surface area contributed by atoms with E-state index in [1.807, 2.05) is 0 Å². The Morgan fingerprint density at radius 2 is 2.00 bits per heavy atom. The molecule has 0 radical (unpaired) electrons. The van der Waals surface area contributed by atoms with Gasteiger partial charge in [-0.05, 0) is 4.68 Å². The highest BCUT2D eigenvalue weighted by molar-refractivity contribution is 4.49. The average Bonchev–Trinajstić information content (AvgIpc) is 2.12. The number of nitro groups is 1. The van der Waals surface area contributed by atoms with Gasteiger partial charge >= 0.3 is 0 Å². The molecule has 1 rings (SSSR count). The lowest BCUT2D eigenvalue weighted by Gasteiger charge is -1.80. The topological polar surface area (TPSA) is 73.8 Å². The maximum absolute atomic E-state index is 9.75. The first-order valence-electron chi connectivity index (χ1n) is 1.80. The van der Waals surface area contributed by atoms with Crippen molar-refractivity contribution < 1.29 is 5.03 Å². The Kier molecular flexibility index (Phi) is 0.918. The first kappa shape index (κ1) is 4.69. The fourth-order valence-corrected chi connectivity index (χ4v) is 0.280. The second kappa shape index (κ2) is 1.57. The van der Waals surface area contributed by atoms with E-state index < -0.39 is 5.03 Å². The fourth-order valence-electron chi connectivity index (χ4n) is 0.280. The van der Waals surface area contributed by atoms with E-state index >= 15 is 0 Å². The number of hydrogen-bond acceptors (Lipinski definition) is 4. The molecule has 0 bridgehead atoms. The van der Waals surface area contributed by atoms with Gasteiger partial charge < -0.3 is 0 Å². The molecule has 0 amide bonds. The van der Waals surface area contributed by atoms with Gasteiger partial charge in [0.25, 0.3) is 0 Å². The summed E-state index contributed by atoms with van der Waals surface area (Å²) in [7, 11) is 0. The summed E-state index contributed by atoms with van der Waals surface area (Å²) in [4.78, 5) is 9.75. The molecular weight excluding hydrogens is 112 g/mol. The standard InChI is InChI=1S/C2H2N4O2/c7-6(8)5-1-3-4-2-5/h1-2H. The third-order valence-corrected chi connectivity index (χ3v) is 0.595.